The lowest BCUT2D eigenvalue weighted by Gasteiger charge is -2.34. The Kier molecular flexibility index (Phi) is 6.27. The van der Waals surface area contributed by atoms with Gasteiger partial charge in [0, 0.05) is 51.4 Å². The Morgan fingerprint density at radius 1 is 1.00 bits per heavy atom. The summed E-state index contributed by atoms with van der Waals surface area (Å²) in [5.41, 5.74) is 2.42. The van der Waals surface area contributed by atoms with E-state index < -0.39 is 0 Å². The lowest BCUT2D eigenvalue weighted by Crippen LogP contribution is -2.51. The molecule has 2 fully saturated rings. The summed E-state index contributed by atoms with van der Waals surface area (Å²) in [4.78, 5) is 50.2. The molecule has 0 radical (unpaired) electrons. The van der Waals surface area contributed by atoms with Crippen molar-refractivity contribution in [1.29, 1.82) is 0 Å². The van der Waals surface area contributed by atoms with E-state index in [1.165, 1.54) is 0 Å². The first-order chi connectivity index (χ1) is 16.6. The normalized spacial score (nSPS) is 16.9. The van der Waals surface area contributed by atoms with Crippen LogP contribution in [0.5, 0.6) is 0 Å². The van der Waals surface area contributed by atoms with Gasteiger partial charge in [-0.15, -0.1) is 0 Å². The van der Waals surface area contributed by atoms with E-state index in [9.17, 15) is 14.4 Å². The highest BCUT2D eigenvalue weighted by molar-refractivity contribution is 5.95. The fourth-order valence-corrected chi connectivity index (χ4v) is 4.58. The molecule has 0 aliphatic carbocycles. The van der Waals surface area contributed by atoms with Crippen LogP contribution in [0.1, 0.15) is 24.2 Å². The lowest BCUT2D eigenvalue weighted by molar-refractivity contribution is -0.117. The molecule has 2 N–H and O–H groups in total. The number of anilines is 1. The van der Waals surface area contributed by atoms with E-state index in [-0.39, 0.29) is 17.5 Å². The van der Waals surface area contributed by atoms with Crippen LogP contribution in [0.25, 0.3) is 10.9 Å². The first kappa shape index (κ1) is 22.1. The van der Waals surface area contributed by atoms with Crippen molar-refractivity contribution in [3.63, 3.8) is 0 Å². The van der Waals surface area contributed by atoms with Gasteiger partial charge in [0.1, 0.15) is 5.82 Å². The molecular formula is C25H28N6O3. The second-order valence-corrected chi connectivity index (χ2v) is 8.77. The zero-order chi connectivity index (χ0) is 23.5. The minimum Gasteiger partial charge on any atom is -0.334 e. The number of hydrogen-bond donors (Lipinski definition) is 2. The Morgan fingerprint density at radius 3 is 2.62 bits per heavy atom. The number of carbonyl (C=O) groups is 2. The van der Waals surface area contributed by atoms with E-state index in [1.807, 2.05) is 47.4 Å². The van der Waals surface area contributed by atoms with E-state index >= 15 is 0 Å². The van der Waals surface area contributed by atoms with Gasteiger partial charge in [-0.05, 0) is 36.2 Å². The second kappa shape index (κ2) is 9.64. The Labute approximate surface area is 197 Å². The van der Waals surface area contributed by atoms with Crippen molar-refractivity contribution in [3.05, 3.63) is 70.3 Å². The molecule has 9 nitrogen and oxygen atoms in total. The maximum atomic E-state index is 12.7. The maximum Gasteiger partial charge on any atom is 0.317 e. The van der Waals surface area contributed by atoms with E-state index in [2.05, 4.69) is 20.2 Å². The lowest BCUT2D eigenvalue weighted by atomic mass is 10.2. The van der Waals surface area contributed by atoms with Crippen LogP contribution >= 0.6 is 0 Å². The van der Waals surface area contributed by atoms with Crippen molar-refractivity contribution in [2.24, 2.45) is 0 Å². The molecule has 0 unspecified atom stereocenters. The maximum absolute atomic E-state index is 12.7. The van der Waals surface area contributed by atoms with Gasteiger partial charge in [-0.1, -0.05) is 24.3 Å². The molecular weight excluding hydrogens is 432 g/mol. The van der Waals surface area contributed by atoms with E-state index in [0.29, 0.717) is 62.4 Å². The predicted molar refractivity (Wildman–Crippen MR) is 129 cm³/mol. The molecule has 9 heteroatoms. The fourth-order valence-electron chi connectivity index (χ4n) is 4.58. The largest absolute Gasteiger partial charge is 0.334 e. The van der Waals surface area contributed by atoms with Gasteiger partial charge in [-0.2, -0.15) is 0 Å². The number of H-pyrrole nitrogens is 1. The summed E-state index contributed by atoms with van der Waals surface area (Å²) < 4.78 is 0. The standard InChI is InChI=1S/C25H28N6O3/c32-23-9-4-10-31(23)19-6-3-5-18(15-19)16-26-25(34)30-13-11-29(12-14-30)17-22-27-21-8-2-1-7-20(21)24(33)28-22/h1-3,5-8,15H,4,9-14,16-17H2,(H,26,34)(H,27,28,33). The number of hydrogen-bond acceptors (Lipinski definition) is 5. The topological polar surface area (TPSA) is 102 Å². The number of rotatable bonds is 5. The third kappa shape index (κ3) is 4.79. The van der Waals surface area contributed by atoms with Crippen molar-refractivity contribution < 1.29 is 9.59 Å². The van der Waals surface area contributed by atoms with Crippen molar-refractivity contribution in [2.75, 3.05) is 37.6 Å². The van der Waals surface area contributed by atoms with Gasteiger partial charge in [-0.3, -0.25) is 14.5 Å². The van der Waals surface area contributed by atoms with E-state index in [0.717, 1.165) is 24.2 Å². The van der Waals surface area contributed by atoms with E-state index in [1.54, 1.807) is 11.0 Å². The van der Waals surface area contributed by atoms with Gasteiger partial charge < -0.3 is 20.1 Å². The van der Waals surface area contributed by atoms with Crippen LogP contribution in [-0.4, -0.2) is 64.4 Å². The van der Waals surface area contributed by atoms with Crippen molar-refractivity contribution in [1.82, 2.24) is 25.1 Å². The molecule has 176 valence electrons. The van der Waals surface area contributed by atoms with Gasteiger partial charge in [0.2, 0.25) is 5.91 Å². The van der Waals surface area contributed by atoms with Crippen LogP contribution in [0, 0.1) is 0 Å². The van der Waals surface area contributed by atoms with Crippen LogP contribution in [0.15, 0.2) is 53.3 Å². The van der Waals surface area contributed by atoms with Gasteiger partial charge in [0.05, 0.1) is 17.4 Å². The highest BCUT2D eigenvalue weighted by Crippen LogP contribution is 2.22. The highest BCUT2D eigenvalue weighted by Gasteiger charge is 2.23. The monoisotopic (exact) mass is 460 g/mol. The Hall–Kier alpha value is -3.72. The number of nitrogens with one attached hydrogen (secondary N) is 2. The molecule has 3 aromatic rings. The SMILES string of the molecule is O=C(NCc1cccc(N2CCCC2=O)c1)N1CCN(Cc2nc3ccccc3c(=O)[nH]2)CC1. The molecule has 0 atom stereocenters. The van der Waals surface area contributed by atoms with Crippen molar-refractivity contribution >= 4 is 28.5 Å². The molecule has 0 bridgehead atoms. The van der Waals surface area contributed by atoms with Gasteiger partial charge in [0.25, 0.3) is 5.56 Å². The Balaban J connectivity index is 1.12. The minimum atomic E-state index is -0.128. The molecule has 0 spiro atoms. The number of para-hydroxylation sites is 1. The predicted octanol–water partition coefficient (Wildman–Crippen LogP) is 2.08. The highest BCUT2D eigenvalue weighted by atomic mass is 16.2. The smallest absolute Gasteiger partial charge is 0.317 e. The number of benzene rings is 2. The molecule has 2 aromatic carbocycles. The summed E-state index contributed by atoms with van der Waals surface area (Å²) in [6, 6.07) is 15.0. The molecule has 5 rings (SSSR count). The number of aromatic nitrogens is 2. The number of piperazine rings is 1. The van der Waals surface area contributed by atoms with Crippen LogP contribution in [0.2, 0.25) is 0 Å². The summed E-state index contributed by atoms with van der Waals surface area (Å²) >= 11 is 0. The summed E-state index contributed by atoms with van der Waals surface area (Å²) in [5, 5.41) is 3.58. The minimum absolute atomic E-state index is 0.0976. The Bertz CT molecular complexity index is 1260. The molecule has 3 amide bonds. The van der Waals surface area contributed by atoms with Crippen molar-refractivity contribution in [2.45, 2.75) is 25.9 Å². The molecule has 2 aliphatic heterocycles. The molecule has 3 heterocycles. The third-order valence-electron chi connectivity index (χ3n) is 6.43. The third-order valence-corrected chi connectivity index (χ3v) is 6.43. The van der Waals surface area contributed by atoms with Crippen LogP contribution in [0.3, 0.4) is 0 Å². The molecule has 1 aromatic heterocycles. The summed E-state index contributed by atoms with van der Waals surface area (Å²) in [5.74, 6) is 0.792. The van der Waals surface area contributed by atoms with Gasteiger partial charge in [0.15, 0.2) is 0 Å². The van der Waals surface area contributed by atoms with Crippen LogP contribution in [0.4, 0.5) is 10.5 Å². The second-order valence-electron chi connectivity index (χ2n) is 8.77. The molecule has 2 saturated heterocycles. The van der Waals surface area contributed by atoms with Crippen LogP contribution in [-0.2, 0) is 17.9 Å². The quantitative estimate of drug-likeness (QED) is 0.607. The molecule has 0 saturated carbocycles. The first-order valence-corrected chi connectivity index (χ1v) is 11.7. The summed E-state index contributed by atoms with van der Waals surface area (Å²) in [6.07, 6.45) is 1.48. The van der Waals surface area contributed by atoms with Gasteiger partial charge >= 0.3 is 6.03 Å². The number of nitrogens with zero attached hydrogens (tertiary/aromatic N) is 4. The number of amides is 3. The fraction of sp³-hybridized carbons (Fsp3) is 0.360. The van der Waals surface area contributed by atoms with Gasteiger partial charge in [-0.25, -0.2) is 9.78 Å². The number of fused-ring (bicyclic) bond motifs is 1. The molecule has 2 aliphatic rings. The number of aromatic amines is 1. The van der Waals surface area contributed by atoms with Crippen LogP contribution < -0.4 is 15.8 Å². The summed E-state index contributed by atoms with van der Waals surface area (Å²) in [7, 11) is 0. The summed E-state index contributed by atoms with van der Waals surface area (Å²) in [6.45, 7) is 4.32. The first-order valence-electron chi connectivity index (χ1n) is 11.7. The molecule has 34 heavy (non-hydrogen) atoms. The van der Waals surface area contributed by atoms with Crippen molar-refractivity contribution in [3.8, 4) is 0 Å². The average molecular weight is 461 g/mol. The Morgan fingerprint density at radius 2 is 1.82 bits per heavy atom. The zero-order valence-corrected chi connectivity index (χ0v) is 19.0. The zero-order valence-electron chi connectivity index (χ0n) is 19.0. The number of urea groups is 1. The number of carbonyl (C=O) groups excluding carboxylic acids is 2. The average Bonchev–Trinajstić information content (AvgIpc) is 3.29. The van der Waals surface area contributed by atoms with E-state index in [4.69, 9.17) is 0 Å².